The lowest BCUT2D eigenvalue weighted by Gasteiger charge is -2.25. The molecule has 2 aliphatic rings. The molecule has 148 valence electrons. The molecule has 28 heavy (non-hydrogen) atoms. The van der Waals surface area contributed by atoms with Crippen LogP contribution >= 0.6 is 0 Å². The molecule has 7 heteroatoms. The number of hydrogen-bond acceptors (Lipinski definition) is 3. The maximum Gasteiger partial charge on any atom is 0.279 e. The van der Waals surface area contributed by atoms with Crippen LogP contribution in [-0.2, 0) is 27.8 Å². The number of carbonyl (C=O) groups is 1. The molecule has 2 N–H and O–H groups in total. The number of nitrogens with one attached hydrogen (secondary N) is 2. The fraction of sp³-hybridized carbons (Fsp3) is 0.381. The summed E-state index contributed by atoms with van der Waals surface area (Å²) < 4.78 is 26.7. The molecule has 2 aromatic rings. The van der Waals surface area contributed by atoms with E-state index in [1.165, 1.54) is 20.3 Å². The minimum Gasteiger partial charge on any atom is -0.323 e. The topological polar surface area (TPSA) is 70.9 Å². The number of quaternary nitrogens is 1. The van der Waals surface area contributed by atoms with Gasteiger partial charge in [-0.2, -0.15) is 4.31 Å². The molecular formula is C21H26N3O3S+. The van der Waals surface area contributed by atoms with Crippen LogP contribution in [0.2, 0.25) is 0 Å². The molecule has 2 heterocycles. The quantitative estimate of drug-likeness (QED) is 0.788. The number of nitrogens with zero attached hydrogens (tertiary/aromatic N) is 1. The first kappa shape index (κ1) is 19.1. The Bertz CT molecular complexity index is 951. The van der Waals surface area contributed by atoms with E-state index < -0.39 is 10.0 Å². The number of carbonyl (C=O) groups excluding carboxylic acids is 1. The van der Waals surface area contributed by atoms with E-state index in [1.807, 2.05) is 6.07 Å². The molecule has 0 aromatic heterocycles. The van der Waals surface area contributed by atoms with Crippen LogP contribution in [0.1, 0.15) is 24.0 Å². The number of fused-ring (bicyclic) bond motifs is 1. The third kappa shape index (κ3) is 4.11. The average molecular weight is 401 g/mol. The van der Waals surface area contributed by atoms with Gasteiger partial charge < -0.3 is 10.2 Å². The SMILES string of the molecule is O=C(C[NH+]1CCc2ccccc2C1)Nc1ccc(S(=O)(=O)N2CCCC2)cc1. The number of rotatable bonds is 5. The van der Waals surface area contributed by atoms with Crippen LogP contribution in [0.15, 0.2) is 53.4 Å². The van der Waals surface area contributed by atoms with Crippen LogP contribution in [0.4, 0.5) is 5.69 Å². The molecule has 4 rings (SSSR count). The third-order valence-electron chi connectivity index (χ3n) is 5.56. The van der Waals surface area contributed by atoms with Gasteiger partial charge in [0, 0.05) is 30.8 Å². The minimum atomic E-state index is -3.42. The Labute approximate surface area is 166 Å². The van der Waals surface area contributed by atoms with Gasteiger partial charge in [-0.1, -0.05) is 24.3 Å². The lowest BCUT2D eigenvalue weighted by atomic mass is 10.00. The minimum absolute atomic E-state index is 0.0514. The molecule has 1 atom stereocenters. The molecule has 2 aromatic carbocycles. The Hall–Kier alpha value is -2.22. The van der Waals surface area contributed by atoms with Gasteiger partial charge in [0.1, 0.15) is 6.54 Å². The van der Waals surface area contributed by atoms with Crippen LogP contribution in [0.3, 0.4) is 0 Å². The summed E-state index contributed by atoms with van der Waals surface area (Å²) in [6.07, 6.45) is 2.81. The summed E-state index contributed by atoms with van der Waals surface area (Å²) in [7, 11) is -3.42. The number of anilines is 1. The van der Waals surface area contributed by atoms with Gasteiger partial charge in [0.25, 0.3) is 5.91 Å². The third-order valence-corrected chi connectivity index (χ3v) is 7.47. The second-order valence-electron chi connectivity index (χ2n) is 7.56. The Morgan fingerprint density at radius 2 is 1.68 bits per heavy atom. The highest BCUT2D eigenvalue weighted by Crippen LogP contribution is 2.22. The fourth-order valence-corrected chi connectivity index (χ4v) is 5.53. The van der Waals surface area contributed by atoms with Crippen molar-refractivity contribution in [3.05, 3.63) is 59.7 Å². The van der Waals surface area contributed by atoms with E-state index in [0.717, 1.165) is 32.4 Å². The van der Waals surface area contributed by atoms with Crippen molar-refractivity contribution in [3.8, 4) is 0 Å². The molecule has 0 radical (unpaired) electrons. The van der Waals surface area contributed by atoms with Crippen molar-refractivity contribution in [2.75, 3.05) is 31.5 Å². The largest absolute Gasteiger partial charge is 0.323 e. The van der Waals surface area contributed by atoms with Gasteiger partial charge in [-0.25, -0.2) is 8.42 Å². The predicted octanol–water partition coefficient (Wildman–Crippen LogP) is 1.05. The summed E-state index contributed by atoms with van der Waals surface area (Å²) in [6, 6.07) is 14.9. The van der Waals surface area contributed by atoms with Crippen molar-refractivity contribution in [1.82, 2.24) is 4.31 Å². The fourth-order valence-electron chi connectivity index (χ4n) is 4.01. The second kappa shape index (κ2) is 8.03. The maximum absolute atomic E-state index is 12.6. The Morgan fingerprint density at radius 1 is 1.00 bits per heavy atom. The number of amides is 1. The van der Waals surface area contributed by atoms with Crippen molar-refractivity contribution < 1.29 is 18.1 Å². The highest BCUT2D eigenvalue weighted by Gasteiger charge is 2.27. The molecule has 0 bridgehead atoms. The average Bonchev–Trinajstić information content (AvgIpc) is 3.24. The van der Waals surface area contributed by atoms with Gasteiger partial charge >= 0.3 is 0 Å². The van der Waals surface area contributed by atoms with Crippen LogP contribution in [0.25, 0.3) is 0 Å². The van der Waals surface area contributed by atoms with E-state index in [4.69, 9.17) is 0 Å². The molecule has 1 unspecified atom stereocenters. The van der Waals surface area contributed by atoms with Gasteiger partial charge in [0.15, 0.2) is 6.54 Å². The van der Waals surface area contributed by atoms with Crippen molar-refractivity contribution in [2.45, 2.75) is 30.7 Å². The zero-order valence-corrected chi connectivity index (χ0v) is 16.7. The van der Waals surface area contributed by atoms with Gasteiger partial charge in [-0.15, -0.1) is 0 Å². The summed E-state index contributed by atoms with van der Waals surface area (Å²) in [5, 5.41) is 2.89. The maximum atomic E-state index is 12.6. The first-order valence-electron chi connectivity index (χ1n) is 9.83. The van der Waals surface area contributed by atoms with E-state index in [0.29, 0.717) is 25.3 Å². The predicted molar refractivity (Wildman–Crippen MR) is 108 cm³/mol. The Kier molecular flexibility index (Phi) is 5.48. The molecule has 6 nitrogen and oxygen atoms in total. The highest BCUT2D eigenvalue weighted by atomic mass is 32.2. The van der Waals surface area contributed by atoms with Gasteiger partial charge in [-0.05, 0) is 42.7 Å². The molecule has 1 saturated heterocycles. The van der Waals surface area contributed by atoms with Crippen molar-refractivity contribution in [1.29, 1.82) is 0 Å². The summed E-state index contributed by atoms with van der Waals surface area (Å²) in [5.41, 5.74) is 3.32. The van der Waals surface area contributed by atoms with E-state index >= 15 is 0 Å². The molecule has 0 aliphatic carbocycles. The van der Waals surface area contributed by atoms with E-state index in [2.05, 4.69) is 23.5 Å². The second-order valence-corrected chi connectivity index (χ2v) is 9.49. The molecular weight excluding hydrogens is 374 g/mol. The standard InChI is InChI=1S/C21H25N3O3S/c25-21(16-23-14-11-17-5-1-2-6-18(17)15-23)22-19-7-9-20(10-8-19)28(26,27)24-12-3-4-13-24/h1-2,5-10H,3-4,11-16H2,(H,22,25)/p+1. The zero-order valence-electron chi connectivity index (χ0n) is 15.9. The van der Waals surface area contributed by atoms with E-state index in [9.17, 15) is 13.2 Å². The van der Waals surface area contributed by atoms with Gasteiger partial charge in [-0.3, -0.25) is 4.79 Å². The monoisotopic (exact) mass is 400 g/mol. The number of hydrogen-bond donors (Lipinski definition) is 2. The van der Waals surface area contributed by atoms with E-state index in [-0.39, 0.29) is 10.8 Å². The molecule has 0 spiro atoms. The molecule has 1 fully saturated rings. The Morgan fingerprint density at radius 3 is 2.39 bits per heavy atom. The van der Waals surface area contributed by atoms with Gasteiger partial charge in [0.05, 0.1) is 11.4 Å². The van der Waals surface area contributed by atoms with Crippen LogP contribution in [-0.4, -0.2) is 44.8 Å². The smallest absolute Gasteiger partial charge is 0.279 e. The van der Waals surface area contributed by atoms with E-state index in [1.54, 1.807) is 24.3 Å². The van der Waals surface area contributed by atoms with Gasteiger partial charge in [0.2, 0.25) is 10.0 Å². The first-order valence-corrected chi connectivity index (χ1v) is 11.3. The lowest BCUT2D eigenvalue weighted by molar-refractivity contribution is -0.907. The summed E-state index contributed by atoms with van der Waals surface area (Å²) in [5.74, 6) is -0.0514. The highest BCUT2D eigenvalue weighted by molar-refractivity contribution is 7.89. The summed E-state index contributed by atoms with van der Waals surface area (Å²) in [6.45, 7) is 3.38. The normalized spacial score (nSPS) is 19.9. The van der Waals surface area contributed by atoms with Crippen LogP contribution in [0.5, 0.6) is 0 Å². The zero-order chi connectivity index (χ0) is 19.6. The Balaban J connectivity index is 1.35. The van der Waals surface area contributed by atoms with Crippen molar-refractivity contribution >= 4 is 21.6 Å². The molecule has 0 saturated carbocycles. The lowest BCUT2D eigenvalue weighted by Crippen LogP contribution is -3.12. The van der Waals surface area contributed by atoms with Crippen LogP contribution in [0, 0.1) is 0 Å². The van der Waals surface area contributed by atoms with Crippen molar-refractivity contribution in [2.24, 2.45) is 0 Å². The van der Waals surface area contributed by atoms with Crippen LogP contribution < -0.4 is 10.2 Å². The molecule has 1 amide bonds. The summed E-state index contributed by atoms with van der Waals surface area (Å²) in [4.78, 5) is 13.9. The number of benzene rings is 2. The summed E-state index contributed by atoms with van der Waals surface area (Å²) >= 11 is 0. The van der Waals surface area contributed by atoms with Crippen molar-refractivity contribution in [3.63, 3.8) is 0 Å². The molecule has 2 aliphatic heterocycles. The first-order chi connectivity index (χ1) is 13.5. The number of sulfonamides is 1.